The summed E-state index contributed by atoms with van der Waals surface area (Å²) in [5.74, 6) is -4.35. The molecule has 0 aliphatic carbocycles. The van der Waals surface area contributed by atoms with E-state index in [4.69, 9.17) is 30.3 Å². The summed E-state index contributed by atoms with van der Waals surface area (Å²) in [7, 11) is 1.61. The standard InChI is InChI=1S/C20H19N5O2.2C2HF3O2/c1-11-16(10-22-25-11)13-5-8-17-15(9-13)20(26)24-19(23-17)18(21)12-3-6-14(27-2)7-4-12;2*3-2(4,5)1(6)7/h3-10,18H,21H2,1-2H3,(H,22,25)(H,23,24,26);2*(H,6,7). The number of aryl methyl sites for hydroxylation is 1. The Balaban J connectivity index is 0.000000349. The molecule has 2 heterocycles. The molecule has 0 bridgehead atoms. The molecule has 2 aromatic heterocycles. The molecule has 0 saturated heterocycles. The zero-order valence-electron chi connectivity index (χ0n) is 21.0. The van der Waals surface area contributed by atoms with Crippen LogP contribution in [0.5, 0.6) is 5.75 Å². The molecule has 6 N–H and O–H groups in total. The molecule has 4 rings (SSSR count). The maximum atomic E-state index is 12.6. The van der Waals surface area contributed by atoms with Gasteiger partial charge in [0.15, 0.2) is 0 Å². The van der Waals surface area contributed by atoms with Crippen LogP contribution in [0.2, 0.25) is 0 Å². The maximum absolute atomic E-state index is 12.6. The molecule has 17 heteroatoms. The Morgan fingerprint density at radius 3 is 1.95 bits per heavy atom. The molecule has 220 valence electrons. The average molecular weight is 589 g/mol. The quantitative estimate of drug-likeness (QED) is 0.220. The molecule has 4 aromatic rings. The molecule has 0 radical (unpaired) electrons. The van der Waals surface area contributed by atoms with Gasteiger partial charge in [0.05, 0.1) is 30.3 Å². The second-order valence-electron chi connectivity index (χ2n) is 7.95. The molecule has 0 saturated carbocycles. The Morgan fingerprint density at radius 2 is 1.51 bits per heavy atom. The van der Waals surface area contributed by atoms with Crippen molar-refractivity contribution in [3.63, 3.8) is 0 Å². The number of alkyl halides is 6. The van der Waals surface area contributed by atoms with Gasteiger partial charge in [-0.15, -0.1) is 0 Å². The Kier molecular flexibility index (Phi) is 10.2. The van der Waals surface area contributed by atoms with Crippen molar-refractivity contribution in [2.24, 2.45) is 5.73 Å². The van der Waals surface area contributed by atoms with Crippen molar-refractivity contribution in [3.05, 3.63) is 76.1 Å². The van der Waals surface area contributed by atoms with Crippen LogP contribution < -0.4 is 16.0 Å². The van der Waals surface area contributed by atoms with E-state index < -0.39 is 30.3 Å². The largest absolute Gasteiger partial charge is 0.497 e. The first-order valence-electron chi connectivity index (χ1n) is 11.0. The highest BCUT2D eigenvalue weighted by Crippen LogP contribution is 2.25. The monoisotopic (exact) mass is 589 g/mol. The van der Waals surface area contributed by atoms with Crippen molar-refractivity contribution >= 4 is 22.8 Å². The van der Waals surface area contributed by atoms with Crippen LogP contribution in [0.25, 0.3) is 22.0 Å². The van der Waals surface area contributed by atoms with Crippen molar-refractivity contribution in [2.75, 3.05) is 7.11 Å². The van der Waals surface area contributed by atoms with Crippen LogP contribution >= 0.6 is 0 Å². The van der Waals surface area contributed by atoms with Crippen molar-refractivity contribution in [1.29, 1.82) is 0 Å². The highest BCUT2D eigenvalue weighted by Gasteiger charge is 2.38. The van der Waals surface area contributed by atoms with Crippen LogP contribution in [-0.2, 0) is 9.59 Å². The number of carboxylic acids is 2. The second-order valence-corrected chi connectivity index (χ2v) is 7.95. The maximum Gasteiger partial charge on any atom is 0.490 e. The lowest BCUT2D eigenvalue weighted by molar-refractivity contribution is -0.193. The fourth-order valence-electron chi connectivity index (χ4n) is 3.08. The van der Waals surface area contributed by atoms with Gasteiger partial charge in [-0.05, 0) is 42.3 Å². The van der Waals surface area contributed by atoms with E-state index in [0.717, 1.165) is 28.1 Å². The van der Waals surface area contributed by atoms with Crippen LogP contribution in [0.4, 0.5) is 26.3 Å². The fourth-order valence-corrected chi connectivity index (χ4v) is 3.08. The Bertz CT molecular complexity index is 1540. The van der Waals surface area contributed by atoms with Crippen molar-refractivity contribution < 1.29 is 50.9 Å². The zero-order valence-corrected chi connectivity index (χ0v) is 21.0. The van der Waals surface area contributed by atoms with Crippen LogP contribution in [0.3, 0.4) is 0 Å². The van der Waals surface area contributed by atoms with Gasteiger partial charge in [-0.25, -0.2) is 14.6 Å². The van der Waals surface area contributed by atoms with Crippen molar-refractivity contribution in [2.45, 2.75) is 25.3 Å². The molecule has 1 unspecified atom stereocenters. The number of fused-ring (bicyclic) bond motifs is 1. The molecular weight excluding hydrogens is 568 g/mol. The number of nitrogens with one attached hydrogen (secondary N) is 2. The van der Waals surface area contributed by atoms with Crippen LogP contribution in [-0.4, -0.2) is 61.8 Å². The fraction of sp³-hybridized carbons (Fsp3) is 0.208. The summed E-state index contributed by atoms with van der Waals surface area (Å²) >= 11 is 0. The van der Waals surface area contributed by atoms with Crippen LogP contribution in [0.1, 0.15) is 23.1 Å². The minimum atomic E-state index is -5.08. The summed E-state index contributed by atoms with van der Waals surface area (Å²) in [4.78, 5) is 37.8. The molecular formula is C24H21F6N5O6. The lowest BCUT2D eigenvalue weighted by Gasteiger charge is -2.13. The number of nitrogens with zero attached hydrogens (tertiary/aromatic N) is 2. The number of rotatable bonds is 4. The van der Waals surface area contributed by atoms with Gasteiger partial charge in [-0.2, -0.15) is 31.4 Å². The third kappa shape index (κ3) is 8.79. The number of halogens is 6. The Morgan fingerprint density at radius 1 is 0.976 bits per heavy atom. The normalized spacial score (nSPS) is 11.9. The summed E-state index contributed by atoms with van der Waals surface area (Å²) in [6.07, 6.45) is -8.42. The molecule has 0 fully saturated rings. The van der Waals surface area contributed by atoms with Gasteiger partial charge < -0.3 is 25.7 Å². The number of ether oxygens (including phenoxy) is 1. The number of aromatic amines is 2. The predicted molar refractivity (Wildman–Crippen MR) is 131 cm³/mol. The molecule has 0 aliphatic rings. The number of carbonyl (C=O) groups is 2. The van der Waals surface area contributed by atoms with Crippen LogP contribution in [0.15, 0.2) is 53.5 Å². The number of hydrogen-bond donors (Lipinski definition) is 5. The Labute approximate surface area is 225 Å². The summed E-state index contributed by atoms with van der Waals surface area (Å²) in [6, 6.07) is 12.4. The van der Waals surface area contributed by atoms with E-state index in [1.165, 1.54) is 0 Å². The smallest absolute Gasteiger partial charge is 0.490 e. The van der Waals surface area contributed by atoms with E-state index in [-0.39, 0.29) is 5.56 Å². The first kappa shape index (κ1) is 32.3. The molecule has 0 aliphatic heterocycles. The number of H-pyrrole nitrogens is 2. The van der Waals surface area contributed by atoms with Crippen molar-refractivity contribution in [3.8, 4) is 16.9 Å². The number of carboxylic acid groups (broad SMARTS) is 2. The number of nitrogens with two attached hydrogens (primary N) is 1. The predicted octanol–water partition coefficient (Wildman–Crippen LogP) is 3.94. The molecule has 11 nitrogen and oxygen atoms in total. The van der Waals surface area contributed by atoms with Gasteiger partial charge in [-0.3, -0.25) is 9.89 Å². The van der Waals surface area contributed by atoms with E-state index in [1.54, 1.807) is 13.3 Å². The van der Waals surface area contributed by atoms with Crippen molar-refractivity contribution in [1.82, 2.24) is 20.2 Å². The number of hydrogen-bond acceptors (Lipinski definition) is 7. The van der Waals surface area contributed by atoms with Gasteiger partial charge >= 0.3 is 24.3 Å². The average Bonchev–Trinajstić information content (AvgIpc) is 3.33. The zero-order chi connectivity index (χ0) is 31.1. The molecule has 0 amide bonds. The summed E-state index contributed by atoms with van der Waals surface area (Å²) < 4.78 is 68.6. The van der Waals surface area contributed by atoms with E-state index in [0.29, 0.717) is 16.7 Å². The number of benzene rings is 2. The first-order valence-corrected chi connectivity index (χ1v) is 11.0. The molecule has 41 heavy (non-hydrogen) atoms. The summed E-state index contributed by atoms with van der Waals surface area (Å²) in [5.41, 5.74) is 10.3. The van der Waals surface area contributed by atoms with E-state index in [1.807, 2.05) is 49.4 Å². The lowest BCUT2D eigenvalue weighted by atomic mass is 10.0. The minimum absolute atomic E-state index is 0.220. The van der Waals surface area contributed by atoms with Crippen LogP contribution in [0, 0.1) is 6.92 Å². The van der Waals surface area contributed by atoms with Gasteiger partial charge in [0, 0.05) is 11.3 Å². The highest BCUT2D eigenvalue weighted by atomic mass is 19.4. The minimum Gasteiger partial charge on any atom is -0.497 e. The molecule has 1 atom stereocenters. The number of aliphatic carboxylic acids is 2. The summed E-state index contributed by atoms with van der Waals surface area (Å²) in [5, 5.41) is 21.7. The molecule has 0 spiro atoms. The third-order valence-electron chi connectivity index (χ3n) is 5.12. The summed E-state index contributed by atoms with van der Waals surface area (Å²) in [6.45, 7) is 1.94. The van der Waals surface area contributed by atoms with Gasteiger partial charge in [0.2, 0.25) is 0 Å². The van der Waals surface area contributed by atoms with E-state index in [9.17, 15) is 31.1 Å². The second kappa shape index (κ2) is 12.9. The van der Waals surface area contributed by atoms with Gasteiger partial charge in [0.25, 0.3) is 5.56 Å². The topological polar surface area (TPSA) is 184 Å². The van der Waals surface area contributed by atoms with E-state index >= 15 is 0 Å². The SMILES string of the molecule is COc1ccc(C(N)c2nc3ccc(-c4cn[nH]c4C)cc3c(=O)[nH]2)cc1.O=C(O)C(F)(F)F.O=C(O)C(F)(F)F. The Hall–Kier alpha value is -4.93. The highest BCUT2D eigenvalue weighted by molar-refractivity contribution is 5.84. The first-order chi connectivity index (χ1) is 18.9. The van der Waals surface area contributed by atoms with Gasteiger partial charge in [-0.1, -0.05) is 18.2 Å². The number of aromatic nitrogens is 4. The third-order valence-corrected chi connectivity index (χ3v) is 5.12. The van der Waals surface area contributed by atoms with E-state index in [2.05, 4.69) is 20.2 Å². The molecule has 2 aromatic carbocycles. The lowest BCUT2D eigenvalue weighted by Crippen LogP contribution is -2.21. The van der Waals surface area contributed by atoms with Gasteiger partial charge in [0.1, 0.15) is 11.6 Å². The number of methoxy groups -OCH3 is 1.